The quantitative estimate of drug-likeness (QED) is 0.896. The van der Waals surface area contributed by atoms with Crippen LogP contribution in [0.1, 0.15) is 10.4 Å². The lowest BCUT2D eigenvalue weighted by Gasteiger charge is -2.11. The van der Waals surface area contributed by atoms with E-state index in [1.807, 2.05) is 6.07 Å². The summed E-state index contributed by atoms with van der Waals surface area (Å²) in [5.74, 6) is -0.439. The molecule has 1 N–H and O–H groups in total. The van der Waals surface area contributed by atoms with Crippen LogP contribution in [0.4, 0.5) is 0 Å². The Kier molecular flexibility index (Phi) is 3.89. The van der Waals surface area contributed by atoms with E-state index < -0.39 is 5.97 Å². The first-order chi connectivity index (χ1) is 8.59. The third-order valence-corrected chi connectivity index (χ3v) is 3.20. The van der Waals surface area contributed by atoms with Crippen LogP contribution in [0.3, 0.4) is 0 Å². The van der Waals surface area contributed by atoms with Gasteiger partial charge in [0.15, 0.2) is 5.75 Å². The van der Waals surface area contributed by atoms with Crippen LogP contribution in [0.15, 0.2) is 46.9 Å². The molecular weight excluding hydrogens is 319 g/mol. The monoisotopic (exact) mass is 326 g/mol. The van der Waals surface area contributed by atoms with E-state index in [0.717, 1.165) is 4.47 Å². The van der Waals surface area contributed by atoms with Crippen molar-refractivity contribution in [3.63, 3.8) is 0 Å². The number of hydrogen-bond donors (Lipinski definition) is 1. The minimum atomic E-state index is -1.08. The molecule has 0 atom stereocenters. The zero-order valence-electron chi connectivity index (χ0n) is 9.06. The topological polar surface area (TPSA) is 46.5 Å². The molecule has 5 heteroatoms. The van der Waals surface area contributed by atoms with Crippen LogP contribution < -0.4 is 4.74 Å². The van der Waals surface area contributed by atoms with Gasteiger partial charge in [-0.1, -0.05) is 29.8 Å². The average Bonchev–Trinajstić information content (AvgIpc) is 2.34. The Morgan fingerprint density at radius 3 is 2.56 bits per heavy atom. The van der Waals surface area contributed by atoms with Crippen LogP contribution in [0.5, 0.6) is 11.5 Å². The number of aromatic carboxylic acids is 1. The molecule has 0 heterocycles. The highest BCUT2D eigenvalue weighted by Crippen LogP contribution is 2.35. The van der Waals surface area contributed by atoms with Crippen molar-refractivity contribution in [1.82, 2.24) is 0 Å². The fourth-order valence-electron chi connectivity index (χ4n) is 1.42. The molecule has 2 aromatic rings. The second-order valence-electron chi connectivity index (χ2n) is 3.45. The minimum absolute atomic E-state index is 0.0262. The minimum Gasteiger partial charge on any atom is -0.478 e. The zero-order chi connectivity index (χ0) is 13.1. The first-order valence-electron chi connectivity index (χ1n) is 5.04. The van der Waals surface area contributed by atoms with Crippen molar-refractivity contribution in [2.24, 2.45) is 0 Å². The van der Waals surface area contributed by atoms with Crippen LogP contribution in [0.25, 0.3) is 0 Å². The lowest BCUT2D eigenvalue weighted by molar-refractivity contribution is 0.0694. The predicted octanol–water partition coefficient (Wildman–Crippen LogP) is 4.59. The molecular formula is C13H8BrClO3. The van der Waals surface area contributed by atoms with E-state index in [0.29, 0.717) is 5.75 Å². The van der Waals surface area contributed by atoms with Gasteiger partial charge >= 0.3 is 5.97 Å². The fourth-order valence-corrected chi connectivity index (χ4v) is 2.00. The van der Waals surface area contributed by atoms with Crippen LogP contribution in [0.2, 0.25) is 5.02 Å². The lowest BCUT2D eigenvalue weighted by Crippen LogP contribution is -2.00. The molecule has 0 radical (unpaired) electrons. The molecule has 2 aromatic carbocycles. The molecule has 0 saturated carbocycles. The van der Waals surface area contributed by atoms with Crippen LogP contribution in [-0.2, 0) is 0 Å². The van der Waals surface area contributed by atoms with E-state index in [4.69, 9.17) is 21.4 Å². The third-order valence-electron chi connectivity index (χ3n) is 2.25. The van der Waals surface area contributed by atoms with Crippen molar-refractivity contribution in [1.29, 1.82) is 0 Å². The highest BCUT2D eigenvalue weighted by molar-refractivity contribution is 9.10. The third kappa shape index (κ3) is 2.66. The molecule has 0 aromatic heterocycles. The molecule has 0 bridgehead atoms. The Morgan fingerprint density at radius 2 is 1.89 bits per heavy atom. The number of para-hydroxylation sites is 2. The number of ether oxygens (including phenoxy) is 1. The molecule has 0 saturated heterocycles. The van der Waals surface area contributed by atoms with Crippen molar-refractivity contribution in [3.05, 3.63) is 57.5 Å². The SMILES string of the molecule is O=C(O)c1cccc(Cl)c1Oc1ccccc1Br. The zero-order valence-corrected chi connectivity index (χ0v) is 11.4. The van der Waals surface area contributed by atoms with E-state index in [1.165, 1.54) is 6.07 Å². The van der Waals surface area contributed by atoms with Gasteiger partial charge in [-0.3, -0.25) is 0 Å². The lowest BCUT2D eigenvalue weighted by atomic mass is 10.2. The Hall–Kier alpha value is -1.52. The summed E-state index contributed by atoms with van der Waals surface area (Å²) in [6.45, 7) is 0. The smallest absolute Gasteiger partial charge is 0.339 e. The van der Waals surface area contributed by atoms with E-state index in [1.54, 1.807) is 30.3 Å². The first kappa shape index (κ1) is 12.9. The molecule has 0 amide bonds. The van der Waals surface area contributed by atoms with Gasteiger partial charge < -0.3 is 9.84 Å². The van der Waals surface area contributed by atoms with Crippen LogP contribution in [-0.4, -0.2) is 11.1 Å². The molecule has 0 fully saturated rings. The largest absolute Gasteiger partial charge is 0.478 e. The molecule has 3 nitrogen and oxygen atoms in total. The molecule has 0 spiro atoms. The van der Waals surface area contributed by atoms with E-state index >= 15 is 0 Å². The maximum atomic E-state index is 11.1. The molecule has 0 unspecified atom stereocenters. The number of halogens is 2. The highest BCUT2D eigenvalue weighted by atomic mass is 79.9. The normalized spacial score (nSPS) is 10.1. The highest BCUT2D eigenvalue weighted by Gasteiger charge is 2.16. The molecule has 18 heavy (non-hydrogen) atoms. The Bertz CT molecular complexity index is 599. The van der Waals surface area contributed by atoms with Crippen molar-refractivity contribution in [2.45, 2.75) is 0 Å². The summed E-state index contributed by atoms with van der Waals surface area (Å²) < 4.78 is 6.30. The summed E-state index contributed by atoms with van der Waals surface area (Å²) >= 11 is 9.30. The summed E-state index contributed by atoms with van der Waals surface area (Å²) in [7, 11) is 0. The number of carboxylic acids is 1. The standard InChI is InChI=1S/C13H8BrClO3/c14-9-5-1-2-7-11(9)18-12-8(13(16)17)4-3-6-10(12)15/h1-7H,(H,16,17). The number of hydrogen-bond acceptors (Lipinski definition) is 2. The summed E-state index contributed by atoms with van der Waals surface area (Å²) in [4.78, 5) is 11.1. The fraction of sp³-hybridized carbons (Fsp3) is 0. The number of carbonyl (C=O) groups is 1. The van der Waals surface area contributed by atoms with Crippen LogP contribution in [0, 0.1) is 0 Å². The van der Waals surface area contributed by atoms with Gasteiger partial charge in [-0.15, -0.1) is 0 Å². The second-order valence-corrected chi connectivity index (χ2v) is 4.72. The molecule has 92 valence electrons. The van der Waals surface area contributed by atoms with E-state index in [-0.39, 0.29) is 16.3 Å². The van der Waals surface area contributed by atoms with Gasteiger partial charge in [0.2, 0.25) is 0 Å². The molecule has 0 aliphatic heterocycles. The van der Waals surface area contributed by atoms with Crippen molar-refractivity contribution in [3.8, 4) is 11.5 Å². The van der Waals surface area contributed by atoms with Crippen molar-refractivity contribution in [2.75, 3.05) is 0 Å². The summed E-state index contributed by atoms with van der Waals surface area (Å²) in [6.07, 6.45) is 0. The summed E-state index contributed by atoms with van der Waals surface area (Å²) in [6, 6.07) is 11.7. The molecule has 2 rings (SSSR count). The average molecular weight is 328 g/mol. The number of rotatable bonds is 3. The summed E-state index contributed by atoms with van der Waals surface area (Å²) in [5.41, 5.74) is 0.0262. The molecule has 0 aliphatic carbocycles. The maximum absolute atomic E-state index is 11.1. The van der Waals surface area contributed by atoms with Gasteiger partial charge in [0.05, 0.1) is 9.50 Å². The number of carboxylic acid groups (broad SMARTS) is 1. The second kappa shape index (κ2) is 5.42. The predicted molar refractivity (Wildman–Crippen MR) is 72.6 cm³/mol. The van der Waals surface area contributed by atoms with Gasteiger partial charge in [-0.05, 0) is 40.2 Å². The Morgan fingerprint density at radius 1 is 1.17 bits per heavy atom. The number of benzene rings is 2. The van der Waals surface area contributed by atoms with Gasteiger partial charge in [-0.25, -0.2) is 4.79 Å². The summed E-state index contributed by atoms with van der Waals surface area (Å²) in [5, 5.41) is 9.34. The van der Waals surface area contributed by atoms with E-state index in [2.05, 4.69) is 15.9 Å². The van der Waals surface area contributed by atoms with Gasteiger partial charge in [0.25, 0.3) is 0 Å². The van der Waals surface area contributed by atoms with Crippen molar-refractivity contribution < 1.29 is 14.6 Å². The first-order valence-corrected chi connectivity index (χ1v) is 6.21. The van der Waals surface area contributed by atoms with Crippen LogP contribution >= 0.6 is 27.5 Å². The Balaban J connectivity index is 2.46. The molecule has 0 aliphatic rings. The maximum Gasteiger partial charge on any atom is 0.339 e. The van der Waals surface area contributed by atoms with Gasteiger partial charge in [-0.2, -0.15) is 0 Å². The van der Waals surface area contributed by atoms with Gasteiger partial charge in [0.1, 0.15) is 11.3 Å². The Labute approximate surface area is 117 Å². The van der Waals surface area contributed by atoms with E-state index in [9.17, 15) is 4.79 Å². The van der Waals surface area contributed by atoms with Crippen molar-refractivity contribution >= 4 is 33.5 Å². The van der Waals surface area contributed by atoms with Gasteiger partial charge in [0, 0.05) is 0 Å².